The summed E-state index contributed by atoms with van der Waals surface area (Å²) in [5, 5.41) is 2.64. The average molecular weight is 744 g/mol. The minimum absolute atomic E-state index is 0.475. The molecule has 1 nitrogen and oxygen atoms in total. The van der Waals surface area contributed by atoms with E-state index in [2.05, 4.69) is 229 Å². The first-order valence-corrected chi connectivity index (χ1v) is 20.4. The first-order chi connectivity index (χ1) is 28.3. The van der Waals surface area contributed by atoms with Gasteiger partial charge < -0.3 is 4.90 Å². The number of hydrogen-bond acceptors (Lipinski definition) is 2. The fourth-order valence-electron chi connectivity index (χ4n) is 9.31. The molecule has 0 atom stereocenters. The van der Waals surface area contributed by atoms with E-state index in [1.807, 2.05) is 11.3 Å². The van der Waals surface area contributed by atoms with E-state index < -0.39 is 5.41 Å². The molecule has 1 heterocycles. The Morgan fingerprint density at radius 1 is 0.333 bits per heavy atom. The smallest absolute Gasteiger partial charge is 0.0714 e. The fourth-order valence-corrected chi connectivity index (χ4v) is 10.5. The zero-order valence-electron chi connectivity index (χ0n) is 31.2. The van der Waals surface area contributed by atoms with E-state index in [0.717, 1.165) is 17.1 Å². The maximum Gasteiger partial charge on any atom is 0.0714 e. The van der Waals surface area contributed by atoms with Gasteiger partial charge in [-0.2, -0.15) is 0 Å². The minimum atomic E-state index is -0.475. The standard InChI is InChI=1S/C55H37NS/c1-4-17-39(18-5-1)55(40-19-6-2-7-20-40)51-29-14-12-25-46(51)47-36-35-43(37-52(47)55)56(41-21-8-3-9-22-41)42-33-31-38(32-34-42)44-23-10-11-24-45(44)49-27-16-28-50-48-26-13-15-30-53(48)57-54(49)50/h1-37H. The highest BCUT2D eigenvalue weighted by Crippen LogP contribution is 2.57. The second-order valence-electron chi connectivity index (χ2n) is 14.8. The van der Waals surface area contributed by atoms with E-state index in [1.54, 1.807) is 0 Å². The Balaban J connectivity index is 1.06. The van der Waals surface area contributed by atoms with Crippen LogP contribution in [-0.4, -0.2) is 0 Å². The second-order valence-corrected chi connectivity index (χ2v) is 15.9. The van der Waals surface area contributed by atoms with E-state index in [1.165, 1.54) is 75.8 Å². The summed E-state index contributed by atoms with van der Waals surface area (Å²) in [5.41, 5.74) is 15.5. The molecule has 1 aromatic heterocycles. The van der Waals surface area contributed by atoms with Crippen LogP contribution in [0.5, 0.6) is 0 Å². The molecular formula is C55H37NS. The summed E-state index contributed by atoms with van der Waals surface area (Å²) in [7, 11) is 0. The number of fused-ring (bicyclic) bond motifs is 6. The van der Waals surface area contributed by atoms with Gasteiger partial charge in [0, 0.05) is 42.8 Å². The molecule has 1 aliphatic carbocycles. The Hall–Kier alpha value is -7.00. The Kier molecular flexibility index (Phi) is 7.98. The topological polar surface area (TPSA) is 3.24 Å². The normalized spacial score (nSPS) is 12.7. The van der Waals surface area contributed by atoms with Gasteiger partial charge in [-0.05, 0) is 92.5 Å². The lowest BCUT2D eigenvalue weighted by Gasteiger charge is -2.35. The highest BCUT2D eigenvalue weighted by atomic mass is 32.1. The van der Waals surface area contributed by atoms with Crippen molar-refractivity contribution < 1.29 is 0 Å². The zero-order valence-corrected chi connectivity index (χ0v) is 32.0. The van der Waals surface area contributed by atoms with Crippen molar-refractivity contribution in [1.82, 2.24) is 0 Å². The van der Waals surface area contributed by atoms with Gasteiger partial charge >= 0.3 is 0 Å². The summed E-state index contributed by atoms with van der Waals surface area (Å²) in [6.45, 7) is 0. The summed E-state index contributed by atoms with van der Waals surface area (Å²) >= 11 is 1.88. The van der Waals surface area contributed by atoms with Crippen LogP contribution in [0, 0.1) is 0 Å². The van der Waals surface area contributed by atoms with E-state index in [-0.39, 0.29) is 0 Å². The van der Waals surface area contributed by atoms with Crippen molar-refractivity contribution in [2.24, 2.45) is 0 Å². The molecule has 0 spiro atoms. The lowest BCUT2D eigenvalue weighted by Crippen LogP contribution is -2.28. The summed E-state index contributed by atoms with van der Waals surface area (Å²) in [4.78, 5) is 2.40. The third-order valence-corrected chi connectivity index (χ3v) is 13.0. The molecule has 0 aliphatic heterocycles. The van der Waals surface area contributed by atoms with Crippen molar-refractivity contribution >= 4 is 48.6 Å². The molecule has 1 aliphatic rings. The molecule has 2 heteroatoms. The van der Waals surface area contributed by atoms with Crippen molar-refractivity contribution in [2.45, 2.75) is 5.41 Å². The van der Waals surface area contributed by atoms with Gasteiger partial charge in [-0.1, -0.05) is 182 Å². The van der Waals surface area contributed by atoms with E-state index in [4.69, 9.17) is 0 Å². The number of rotatable bonds is 7. The van der Waals surface area contributed by atoms with Gasteiger partial charge in [0.05, 0.1) is 5.41 Å². The average Bonchev–Trinajstić information content (AvgIpc) is 3.82. The molecule has 0 unspecified atom stereocenters. The van der Waals surface area contributed by atoms with Gasteiger partial charge in [0.2, 0.25) is 0 Å². The molecule has 0 radical (unpaired) electrons. The second kappa shape index (κ2) is 13.6. The van der Waals surface area contributed by atoms with Crippen LogP contribution in [0.1, 0.15) is 22.3 Å². The van der Waals surface area contributed by atoms with Crippen LogP contribution in [0.25, 0.3) is 53.6 Å². The fraction of sp³-hybridized carbons (Fsp3) is 0.0182. The number of benzene rings is 9. The Bertz CT molecular complexity index is 3020. The molecule has 268 valence electrons. The zero-order chi connectivity index (χ0) is 37.8. The van der Waals surface area contributed by atoms with Crippen LogP contribution < -0.4 is 4.90 Å². The largest absolute Gasteiger partial charge is 0.310 e. The number of thiophene rings is 1. The monoisotopic (exact) mass is 743 g/mol. The number of anilines is 3. The van der Waals surface area contributed by atoms with Crippen LogP contribution in [-0.2, 0) is 5.41 Å². The Labute approximate surface area is 337 Å². The van der Waals surface area contributed by atoms with Crippen molar-refractivity contribution in [3.05, 3.63) is 247 Å². The van der Waals surface area contributed by atoms with Crippen LogP contribution in [0.4, 0.5) is 17.1 Å². The van der Waals surface area contributed by atoms with E-state index in [0.29, 0.717) is 0 Å². The molecule has 0 saturated heterocycles. The van der Waals surface area contributed by atoms with Crippen molar-refractivity contribution in [3.63, 3.8) is 0 Å². The van der Waals surface area contributed by atoms with Crippen LogP contribution in [0.3, 0.4) is 0 Å². The van der Waals surface area contributed by atoms with Gasteiger partial charge in [-0.3, -0.25) is 0 Å². The van der Waals surface area contributed by atoms with Crippen LogP contribution in [0.2, 0.25) is 0 Å². The lowest BCUT2D eigenvalue weighted by molar-refractivity contribution is 0.768. The molecule has 0 N–H and O–H groups in total. The molecule has 0 bridgehead atoms. The van der Waals surface area contributed by atoms with Crippen LogP contribution >= 0.6 is 11.3 Å². The predicted molar refractivity (Wildman–Crippen MR) is 242 cm³/mol. The highest BCUT2D eigenvalue weighted by Gasteiger charge is 2.46. The quantitative estimate of drug-likeness (QED) is 0.157. The molecule has 0 amide bonds. The summed E-state index contributed by atoms with van der Waals surface area (Å²) in [5.74, 6) is 0. The molecule has 0 saturated carbocycles. The maximum atomic E-state index is 2.44. The van der Waals surface area contributed by atoms with Crippen LogP contribution in [0.15, 0.2) is 224 Å². The van der Waals surface area contributed by atoms with Gasteiger partial charge in [0.1, 0.15) is 0 Å². The minimum Gasteiger partial charge on any atom is -0.310 e. The third kappa shape index (κ3) is 5.29. The van der Waals surface area contributed by atoms with Crippen molar-refractivity contribution in [1.29, 1.82) is 0 Å². The maximum absolute atomic E-state index is 2.44. The third-order valence-electron chi connectivity index (χ3n) is 11.8. The SMILES string of the molecule is c1ccc(N(c2ccc(-c3ccccc3-c3cccc4c3sc3ccccc34)cc2)c2ccc3c(c2)C(c2ccccc2)(c2ccccc2)c2ccccc2-3)cc1. The Morgan fingerprint density at radius 3 is 1.60 bits per heavy atom. The molecule has 10 aromatic rings. The van der Waals surface area contributed by atoms with Gasteiger partial charge in [0.15, 0.2) is 0 Å². The molecule has 11 rings (SSSR count). The highest BCUT2D eigenvalue weighted by molar-refractivity contribution is 7.26. The first-order valence-electron chi connectivity index (χ1n) is 19.6. The lowest BCUT2D eigenvalue weighted by atomic mass is 9.67. The predicted octanol–water partition coefficient (Wildman–Crippen LogP) is 15.2. The molecular weight excluding hydrogens is 707 g/mol. The van der Waals surface area contributed by atoms with Gasteiger partial charge in [-0.15, -0.1) is 11.3 Å². The first kappa shape index (κ1) is 33.3. The van der Waals surface area contributed by atoms with E-state index in [9.17, 15) is 0 Å². The molecule has 57 heavy (non-hydrogen) atoms. The van der Waals surface area contributed by atoms with Gasteiger partial charge in [0.25, 0.3) is 0 Å². The number of nitrogens with zero attached hydrogens (tertiary/aromatic N) is 1. The molecule has 9 aromatic carbocycles. The number of hydrogen-bond donors (Lipinski definition) is 0. The van der Waals surface area contributed by atoms with Crippen molar-refractivity contribution in [3.8, 4) is 33.4 Å². The number of para-hydroxylation sites is 1. The molecule has 0 fully saturated rings. The summed E-state index contributed by atoms with van der Waals surface area (Å²) in [6.07, 6.45) is 0. The van der Waals surface area contributed by atoms with E-state index >= 15 is 0 Å². The van der Waals surface area contributed by atoms with Crippen molar-refractivity contribution in [2.75, 3.05) is 4.90 Å². The van der Waals surface area contributed by atoms with Gasteiger partial charge in [-0.25, -0.2) is 0 Å². The Morgan fingerprint density at radius 2 is 0.860 bits per heavy atom. The summed E-state index contributed by atoms with van der Waals surface area (Å²) < 4.78 is 2.65. The summed E-state index contributed by atoms with van der Waals surface area (Å²) in [6, 6.07) is 82.3.